The predicted molar refractivity (Wildman–Crippen MR) is 232 cm³/mol. The number of anilines is 2. The number of pyridine rings is 2. The lowest BCUT2D eigenvalue weighted by molar-refractivity contribution is -0.174. The molecule has 7 unspecified atom stereocenters. The van der Waals surface area contributed by atoms with Crippen molar-refractivity contribution in [2.75, 3.05) is 23.8 Å². The van der Waals surface area contributed by atoms with Gasteiger partial charge in [0.25, 0.3) is 0 Å². The van der Waals surface area contributed by atoms with E-state index in [1.165, 1.54) is 11.6 Å². The van der Waals surface area contributed by atoms with Crippen LogP contribution in [0, 0.1) is 18.8 Å². The molecule has 4 aromatic rings. The van der Waals surface area contributed by atoms with Crippen LogP contribution < -0.4 is 21.6 Å². The summed E-state index contributed by atoms with van der Waals surface area (Å²) in [5.74, 6) is 1.47. The van der Waals surface area contributed by atoms with Crippen molar-refractivity contribution in [2.24, 2.45) is 16.8 Å². The van der Waals surface area contributed by atoms with E-state index in [1.54, 1.807) is 34.6 Å². The number of carbonyl (C=O) groups is 1. The van der Waals surface area contributed by atoms with Crippen LogP contribution >= 0.6 is 21.6 Å². The Morgan fingerprint density at radius 3 is 2.77 bits per heavy atom. The molecule has 0 radical (unpaired) electrons. The van der Waals surface area contributed by atoms with Crippen molar-refractivity contribution in [1.82, 2.24) is 14.9 Å². The molecule has 7 aliphatic heterocycles. The SMILES string of the molecule is Cc1cc(=O)c2c(O)c3c(cc2o1)OC1(C)CCSSCc2c(cc(CN4C=C5N=CC=C5C4)nc2N)-c2cc(cc(N)n2)CCC2OC24C(=O)OC1C3C1C=CC4CC1. The Bertz CT molecular complexity index is 2710. The number of aromatic hydroxyl groups is 1. The highest BCUT2D eigenvalue weighted by atomic mass is 33.1. The maximum atomic E-state index is 14.8. The summed E-state index contributed by atoms with van der Waals surface area (Å²) < 4.78 is 26.1. The first-order chi connectivity index (χ1) is 29.0. The Morgan fingerprint density at radius 2 is 1.93 bits per heavy atom. The second-order valence-corrected chi connectivity index (χ2v) is 19.8. The lowest BCUT2D eigenvalue weighted by atomic mass is 9.68. The quantitative estimate of drug-likeness (QED) is 0.0818. The number of rotatable bonds is 2. The maximum Gasteiger partial charge on any atom is 0.342 e. The number of allylic oxidation sites excluding steroid dienone is 2. The van der Waals surface area contributed by atoms with Crippen molar-refractivity contribution >= 4 is 56.4 Å². The monoisotopic (exact) mass is 844 g/mol. The molecule has 15 heteroatoms. The highest BCUT2D eigenvalue weighted by Gasteiger charge is 2.69. The van der Waals surface area contributed by atoms with E-state index in [2.05, 4.69) is 40.4 Å². The number of nitrogens with two attached hydrogens (primary N) is 2. The Hall–Kier alpha value is -5.25. The van der Waals surface area contributed by atoms with Crippen LogP contribution in [-0.4, -0.2) is 67.9 Å². The van der Waals surface area contributed by atoms with E-state index < -0.39 is 35.3 Å². The van der Waals surface area contributed by atoms with Crippen LogP contribution in [0.25, 0.3) is 22.2 Å². The van der Waals surface area contributed by atoms with Gasteiger partial charge >= 0.3 is 5.97 Å². The summed E-state index contributed by atoms with van der Waals surface area (Å²) in [5.41, 5.74) is 18.0. The fraction of sp³-hybridized carbons (Fsp3) is 0.400. The lowest BCUT2D eigenvalue weighted by Crippen LogP contribution is -2.55. The molecular weight excluding hydrogens is 801 g/mol. The van der Waals surface area contributed by atoms with E-state index in [0.29, 0.717) is 72.4 Å². The van der Waals surface area contributed by atoms with Gasteiger partial charge in [-0.05, 0) is 75.3 Å². The third-order valence-electron chi connectivity index (χ3n) is 13.4. The summed E-state index contributed by atoms with van der Waals surface area (Å²) in [6.45, 7) is 4.99. The normalized spacial score (nSPS) is 30.1. The average molecular weight is 845 g/mol. The number of nitrogen functional groups attached to an aromatic ring is 2. The third kappa shape index (κ3) is 6.05. The van der Waals surface area contributed by atoms with Crippen LogP contribution in [0.1, 0.15) is 66.7 Å². The largest absolute Gasteiger partial charge is 0.507 e. The molecule has 2 fully saturated rings. The highest BCUT2D eigenvalue weighted by Crippen LogP contribution is 2.59. The molecule has 308 valence electrons. The van der Waals surface area contributed by atoms with Gasteiger partial charge in [0.1, 0.15) is 51.6 Å². The van der Waals surface area contributed by atoms with Gasteiger partial charge in [-0.25, -0.2) is 14.8 Å². The standard InChI is InChI=1S/C45H44N6O7S2/c1-22-13-32(52)38-33(55-22)17-34-39(40(38)53)37-24-4-6-26(7-5-24)45-35(58-45)8-3-23-14-30(50-36(46)15-23)28-16-27(19-51-18-25-9-11-48-31(25)20-51)49-42(47)29(28)21-60-59-12-10-44(2,57-34)41(37)56-43(45)54/h4,6,9,11,13-17,20,24,26,35,37,41,53H,3,5,7-8,10,12,18-19,21H2,1-2H3,(H2,46,50)(H2,47,49). The van der Waals surface area contributed by atoms with E-state index in [-0.39, 0.29) is 34.0 Å². The molecule has 0 saturated carbocycles. The molecule has 60 heavy (non-hydrogen) atoms. The summed E-state index contributed by atoms with van der Waals surface area (Å²) >= 11 is 0. The molecule has 0 amide bonds. The minimum Gasteiger partial charge on any atom is -0.507 e. The molecule has 8 aliphatic rings. The second kappa shape index (κ2) is 13.9. The molecular formula is C45H44N6O7S2. The van der Waals surface area contributed by atoms with Gasteiger partial charge in [-0.2, -0.15) is 0 Å². The number of hydrogen-bond donors (Lipinski definition) is 3. The Kier molecular flexibility index (Phi) is 8.74. The fourth-order valence-corrected chi connectivity index (χ4v) is 12.7. The van der Waals surface area contributed by atoms with Crippen LogP contribution in [0.4, 0.5) is 11.6 Å². The third-order valence-corrected chi connectivity index (χ3v) is 15.7. The van der Waals surface area contributed by atoms with Crippen molar-refractivity contribution in [1.29, 1.82) is 0 Å². The molecule has 5 N–H and O–H groups in total. The molecule has 2 saturated heterocycles. The number of hydrogen-bond acceptors (Lipinski definition) is 15. The van der Waals surface area contributed by atoms with Crippen LogP contribution in [0.3, 0.4) is 0 Å². The van der Waals surface area contributed by atoms with Crippen molar-refractivity contribution in [3.63, 3.8) is 0 Å². The zero-order valence-electron chi connectivity index (χ0n) is 33.2. The molecule has 13 nitrogen and oxygen atoms in total. The number of epoxide rings is 1. The molecule has 1 spiro atoms. The lowest BCUT2D eigenvalue weighted by Gasteiger charge is -2.48. The van der Waals surface area contributed by atoms with Gasteiger partial charge in [0, 0.05) is 83.1 Å². The van der Waals surface area contributed by atoms with Crippen LogP contribution in [-0.2, 0) is 33.0 Å². The van der Waals surface area contributed by atoms with Gasteiger partial charge in [-0.15, -0.1) is 0 Å². The number of aryl methyl sites for hydroxylation is 2. The molecule has 12 rings (SSSR count). The number of esters is 1. The number of ether oxygens (including phenoxy) is 3. The predicted octanol–water partition coefficient (Wildman–Crippen LogP) is 6.89. The molecule has 3 aromatic heterocycles. The summed E-state index contributed by atoms with van der Waals surface area (Å²) in [6.07, 6.45) is 12.1. The zero-order valence-corrected chi connectivity index (χ0v) is 34.8. The number of aromatic nitrogens is 2. The molecule has 6 bridgehead atoms. The van der Waals surface area contributed by atoms with Crippen molar-refractivity contribution in [3.8, 4) is 22.8 Å². The van der Waals surface area contributed by atoms with E-state index in [9.17, 15) is 14.7 Å². The Morgan fingerprint density at radius 1 is 1.05 bits per heavy atom. The van der Waals surface area contributed by atoms with E-state index >= 15 is 0 Å². The van der Waals surface area contributed by atoms with Gasteiger partial charge in [0.05, 0.1) is 29.7 Å². The van der Waals surface area contributed by atoms with E-state index in [4.69, 9.17) is 40.1 Å². The number of benzene rings is 1. The number of phenolic OH excluding ortho intramolecular Hbond substituents is 1. The van der Waals surface area contributed by atoms with Crippen molar-refractivity contribution in [2.45, 2.75) is 87.6 Å². The van der Waals surface area contributed by atoms with Crippen LogP contribution in [0.5, 0.6) is 11.5 Å². The minimum atomic E-state index is -1.16. The first kappa shape index (κ1) is 37.7. The number of fused-ring (bicyclic) bond motifs is 8. The van der Waals surface area contributed by atoms with Gasteiger partial charge in [0.15, 0.2) is 11.0 Å². The highest BCUT2D eigenvalue weighted by molar-refractivity contribution is 8.76. The Labute approximate surface area is 353 Å². The van der Waals surface area contributed by atoms with Crippen molar-refractivity contribution in [3.05, 3.63) is 104 Å². The van der Waals surface area contributed by atoms with Crippen LogP contribution in [0.15, 0.2) is 80.2 Å². The average Bonchev–Trinajstić information content (AvgIpc) is 3.55. The van der Waals surface area contributed by atoms with Crippen LogP contribution in [0.2, 0.25) is 0 Å². The second-order valence-electron chi connectivity index (χ2n) is 17.2. The first-order valence-corrected chi connectivity index (χ1v) is 23.0. The fourth-order valence-electron chi connectivity index (χ4n) is 10.4. The number of carbonyl (C=O) groups excluding carboxylic acids is 1. The molecule has 7 atom stereocenters. The van der Waals surface area contributed by atoms with Gasteiger partial charge in [-0.3, -0.25) is 9.79 Å². The van der Waals surface area contributed by atoms with Gasteiger partial charge in [-0.1, -0.05) is 33.7 Å². The summed E-state index contributed by atoms with van der Waals surface area (Å²) in [7, 11) is 3.32. The molecule has 10 heterocycles. The zero-order chi connectivity index (χ0) is 41.1. The number of phenols is 1. The van der Waals surface area contributed by atoms with Gasteiger partial charge in [0.2, 0.25) is 0 Å². The van der Waals surface area contributed by atoms with E-state index in [1.807, 2.05) is 25.3 Å². The van der Waals surface area contributed by atoms with E-state index in [0.717, 1.165) is 46.7 Å². The number of nitrogens with zero attached hydrogens (tertiary/aromatic N) is 4. The maximum absolute atomic E-state index is 14.8. The van der Waals surface area contributed by atoms with Crippen molar-refractivity contribution < 1.29 is 28.5 Å². The minimum absolute atomic E-state index is 0.0914. The topological polar surface area (TPSA) is 192 Å². The number of aliphatic imine (C=N–C) groups is 1. The summed E-state index contributed by atoms with van der Waals surface area (Å²) in [5, 5.41) is 12.1. The Balaban J connectivity index is 0.986. The molecule has 1 aliphatic carbocycles. The first-order valence-electron chi connectivity index (χ1n) is 20.5. The summed E-state index contributed by atoms with van der Waals surface area (Å²) in [6, 6.07) is 9.12. The summed E-state index contributed by atoms with van der Waals surface area (Å²) in [4.78, 5) is 44.5. The smallest absolute Gasteiger partial charge is 0.342 e. The van der Waals surface area contributed by atoms with Gasteiger partial charge < -0.3 is 40.1 Å². The molecule has 1 aromatic carbocycles.